The average molecular weight is 368 g/mol. The normalized spacial score (nSPS) is 19.4. The molecule has 1 unspecified atom stereocenters. The minimum absolute atomic E-state index is 0.00521. The lowest BCUT2D eigenvalue weighted by Crippen LogP contribution is -2.51. The van der Waals surface area contributed by atoms with Crippen molar-refractivity contribution in [3.63, 3.8) is 0 Å². The van der Waals surface area contributed by atoms with Crippen molar-refractivity contribution in [1.29, 1.82) is 0 Å². The Labute approximate surface area is 156 Å². The van der Waals surface area contributed by atoms with Crippen LogP contribution in [0.4, 0.5) is 5.69 Å². The van der Waals surface area contributed by atoms with Gasteiger partial charge in [0, 0.05) is 23.4 Å². The van der Waals surface area contributed by atoms with Gasteiger partial charge in [0.15, 0.2) is 6.10 Å². The minimum atomic E-state index is -1.09. The number of para-hydroxylation sites is 1. The van der Waals surface area contributed by atoms with E-state index in [0.717, 1.165) is 0 Å². The summed E-state index contributed by atoms with van der Waals surface area (Å²) in [5.74, 6) is -1.65. The van der Waals surface area contributed by atoms with Gasteiger partial charge in [0.2, 0.25) is 0 Å². The molecule has 1 aliphatic heterocycles. The summed E-state index contributed by atoms with van der Waals surface area (Å²) in [5.41, 5.74) is 1.50. The lowest BCUT2D eigenvalue weighted by atomic mass is 10.1. The zero-order chi connectivity index (χ0) is 19.4. The number of carboxylic acid groups (broad SMARTS) is 1. The average Bonchev–Trinajstić information content (AvgIpc) is 2.67. The second kappa shape index (κ2) is 8.01. The summed E-state index contributed by atoms with van der Waals surface area (Å²) in [6.07, 6.45) is -1.40. The molecule has 0 bridgehead atoms. The van der Waals surface area contributed by atoms with Crippen molar-refractivity contribution < 1.29 is 24.2 Å². The summed E-state index contributed by atoms with van der Waals surface area (Å²) >= 11 is 0. The van der Waals surface area contributed by atoms with Crippen LogP contribution in [-0.2, 0) is 9.53 Å². The number of benzene rings is 2. The molecule has 0 aromatic heterocycles. The highest BCUT2D eigenvalue weighted by atomic mass is 16.5. The quantitative estimate of drug-likeness (QED) is 0.863. The van der Waals surface area contributed by atoms with E-state index >= 15 is 0 Å². The first-order valence-electron chi connectivity index (χ1n) is 8.58. The summed E-state index contributed by atoms with van der Waals surface area (Å²) in [6.45, 7) is 2.04. The molecule has 1 heterocycles. The fraction of sp³-hybridized carbons (Fsp3) is 0.250. The highest BCUT2D eigenvalue weighted by Gasteiger charge is 2.33. The molecule has 0 aliphatic carbocycles. The minimum Gasteiger partial charge on any atom is -0.479 e. The smallest absolute Gasteiger partial charge is 0.334 e. The van der Waals surface area contributed by atoms with Crippen LogP contribution in [0.2, 0.25) is 0 Å². The molecule has 2 amide bonds. The number of carbonyl (C=O) groups excluding carboxylic acids is 2. The van der Waals surface area contributed by atoms with Crippen molar-refractivity contribution in [2.24, 2.45) is 0 Å². The fourth-order valence-corrected chi connectivity index (χ4v) is 2.93. The zero-order valence-corrected chi connectivity index (χ0v) is 14.8. The third-order valence-electron chi connectivity index (χ3n) is 4.25. The first kappa shape index (κ1) is 18.6. The Kier molecular flexibility index (Phi) is 5.52. The Morgan fingerprint density at radius 2 is 1.63 bits per heavy atom. The van der Waals surface area contributed by atoms with Gasteiger partial charge in [-0.15, -0.1) is 0 Å². The van der Waals surface area contributed by atoms with Crippen molar-refractivity contribution in [1.82, 2.24) is 4.90 Å². The number of carbonyl (C=O) groups is 3. The fourth-order valence-electron chi connectivity index (χ4n) is 2.93. The van der Waals surface area contributed by atoms with Gasteiger partial charge < -0.3 is 20.1 Å². The summed E-state index contributed by atoms with van der Waals surface area (Å²) in [5, 5.41) is 11.9. The van der Waals surface area contributed by atoms with Crippen molar-refractivity contribution in [2.45, 2.75) is 19.1 Å². The van der Waals surface area contributed by atoms with E-state index in [0.29, 0.717) is 23.4 Å². The number of nitrogens with zero attached hydrogens (tertiary/aromatic N) is 1. The first-order chi connectivity index (χ1) is 12.9. The molecule has 1 fully saturated rings. The predicted molar refractivity (Wildman–Crippen MR) is 98.7 cm³/mol. The van der Waals surface area contributed by atoms with Crippen LogP contribution in [0.25, 0.3) is 0 Å². The topological polar surface area (TPSA) is 95.9 Å². The van der Waals surface area contributed by atoms with Gasteiger partial charge in [0.25, 0.3) is 11.8 Å². The Balaban J connectivity index is 1.68. The van der Waals surface area contributed by atoms with E-state index in [1.165, 1.54) is 4.90 Å². The van der Waals surface area contributed by atoms with Crippen LogP contribution in [0.3, 0.4) is 0 Å². The van der Waals surface area contributed by atoms with Crippen molar-refractivity contribution in [3.05, 3.63) is 65.7 Å². The third-order valence-corrected chi connectivity index (χ3v) is 4.25. The van der Waals surface area contributed by atoms with E-state index < -0.39 is 12.1 Å². The maximum absolute atomic E-state index is 12.7. The van der Waals surface area contributed by atoms with E-state index in [1.807, 2.05) is 18.2 Å². The molecule has 1 aliphatic rings. The lowest BCUT2D eigenvalue weighted by Gasteiger charge is -2.35. The van der Waals surface area contributed by atoms with Crippen LogP contribution in [0.15, 0.2) is 54.6 Å². The van der Waals surface area contributed by atoms with E-state index in [-0.39, 0.29) is 24.5 Å². The molecule has 2 aromatic carbocycles. The van der Waals surface area contributed by atoms with Gasteiger partial charge in [-0.3, -0.25) is 9.59 Å². The number of morpholine rings is 1. The summed E-state index contributed by atoms with van der Waals surface area (Å²) in [4.78, 5) is 37.6. The molecule has 0 saturated carbocycles. The van der Waals surface area contributed by atoms with Gasteiger partial charge in [-0.05, 0) is 43.3 Å². The molecule has 27 heavy (non-hydrogen) atoms. The van der Waals surface area contributed by atoms with E-state index in [9.17, 15) is 14.4 Å². The van der Waals surface area contributed by atoms with Crippen LogP contribution in [0.1, 0.15) is 27.6 Å². The molecule has 2 aromatic rings. The SMILES string of the molecule is C[C@@H]1CN(C(=O)c2ccc(C(=O)Nc3ccccc3)cc2)CC(C(=O)O)O1. The number of carboxylic acids is 1. The molecule has 0 spiro atoms. The van der Waals surface area contributed by atoms with Gasteiger partial charge >= 0.3 is 5.97 Å². The van der Waals surface area contributed by atoms with Gasteiger partial charge in [0.1, 0.15) is 0 Å². The summed E-state index contributed by atoms with van der Waals surface area (Å²) < 4.78 is 5.32. The Bertz CT molecular complexity index is 835. The molecule has 2 atom stereocenters. The Morgan fingerprint density at radius 3 is 2.26 bits per heavy atom. The number of hydrogen-bond acceptors (Lipinski definition) is 4. The highest BCUT2D eigenvalue weighted by Crippen LogP contribution is 2.16. The van der Waals surface area contributed by atoms with E-state index in [2.05, 4.69) is 5.32 Å². The zero-order valence-electron chi connectivity index (χ0n) is 14.8. The molecule has 1 saturated heterocycles. The maximum Gasteiger partial charge on any atom is 0.334 e. The van der Waals surface area contributed by atoms with Crippen LogP contribution >= 0.6 is 0 Å². The number of nitrogens with one attached hydrogen (secondary N) is 1. The van der Waals surface area contributed by atoms with Crippen LogP contribution in [0.5, 0.6) is 0 Å². The highest BCUT2D eigenvalue weighted by molar-refractivity contribution is 6.05. The predicted octanol–water partition coefficient (Wildman–Crippen LogP) is 2.25. The number of anilines is 1. The van der Waals surface area contributed by atoms with Crippen LogP contribution < -0.4 is 5.32 Å². The molecular weight excluding hydrogens is 348 g/mol. The van der Waals surface area contributed by atoms with Gasteiger partial charge in [-0.25, -0.2) is 4.79 Å². The lowest BCUT2D eigenvalue weighted by molar-refractivity contribution is -0.160. The Morgan fingerprint density at radius 1 is 1.00 bits per heavy atom. The second-order valence-corrected chi connectivity index (χ2v) is 6.38. The number of aliphatic carboxylic acids is 1. The molecular formula is C20H20N2O5. The van der Waals surface area contributed by atoms with Crippen LogP contribution in [0, 0.1) is 0 Å². The largest absolute Gasteiger partial charge is 0.479 e. The molecule has 0 radical (unpaired) electrons. The van der Waals surface area contributed by atoms with Crippen LogP contribution in [-0.4, -0.2) is 53.1 Å². The maximum atomic E-state index is 12.7. The Hall–Kier alpha value is -3.19. The third kappa shape index (κ3) is 4.51. The van der Waals surface area contributed by atoms with E-state index in [1.54, 1.807) is 43.3 Å². The molecule has 7 nitrogen and oxygen atoms in total. The number of amides is 2. The first-order valence-corrected chi connectivity index (χ1v) is 8.58. The van der Waals surface area contributed by atoms with Crippen molar-refractivity contribution in [3.8, 4) is 0 Å². The second-order valence-electron chi connectivity index (χ2n) is 6.38. The molecule has 7 heteroatoms. The molecule has 140 valence electrons. The van der Waals surface area contributed by atoms with Gasteiger partial charge in [-0.2, -0.15) is 0 Å². The molecule has 3 rings (SSSR count). The number of rotatable bonds is 4. The standard InChI is InChI=1S/C20H20N2O5/c1-13-11-22(12-17(27-13)20(25)26)19(24)15-9-7-14(8-10-15)18(23)21-16-5-3-2-4-6-16/h2-10,13,17H,11-12H2,1H3,(H,21,23)(H,25,26)/t13-,17?/m1/s1. The number of hydrogen-bond donors (Lipinski definition) is 2. The van der Waals surface area contributed by atoms with E-state index in [4.69, 9.17) is 9.84 Å². The summed E-state index contributed by atoms with van der Waals surface area (Å²) in [7, 11) is 0. The summed E-state index contributed by atoms with van der Waals surface area (Å²) in [6, 6.07) is 15.4. The van der Waals surface area contributed by atoms with Crippen molar-refractivity contribution >= 4 is 23.5 Å². The monoisotopic (exact) mass is 368 g/mol. The van der Waals surface area contributed by atoms with Gasteiger partial charge in [-0.1, -0.05) is 18.2 Å². The number of ether oxygens (including phenoxy) is 1. The molecule has 2 N–H and O–H groups in total. The van der Waals surface area contributed by atoms with Gasteiger partial charge in [0.05, 0.1) is 12.6 Å². The van der Waals surface area contributed by atoms with Crippen molar-refractivity contribution in [2.75, 3.05) is 18.4 Å².